The van der Waals surface area contributed by atoms with Crippen LogP contribution < -0.4 is 11.1 Å². The van der Waals surface area contributed by atoms with Crippen molar-refractivity contribution < 1.29 is 17.8 Å². The number of rotatable bonds is 4. The van der Waals surface area contributed by atoms with Gasteiger partial charge in [0, 0.05) is 11.0 Å². The molecule has 0 bridgehead atoms. The smallest absolute Gasteiger partial charge is 0.296 e. The molecule has 6 nitrogen and oxygen atoms in total. The lowest BCUT2D eigenvalue weighted by atomic mass is 10.1. The number of amides is 1. The fraction of sp³-hybridized carbons (Fsp3) is 0.300. The van der Waals surface area contributed by atoms with Gasteiger partial charge < -0.3 is 11.1 Å². The number of nitrogens with two attached hydrogens (primary N) is 1. The van der Waals surface area contributed by atoms with E-state index < -0.39 is 19.8 Å². The van der Waals surface area contributed by atoms with E-state index >= 15 is 0 Å². The molecular weight excluding hydrogens is 404 g/mol. The molecule has 0 heterocycles. The molecule has 0 saturated heterocycles. The Morgan fingerprint density at radius 1 is 1.53 bits per heavy atom. The van der Waals surface area contributed by atoms with E-state index in [0.29, 0.717) is 10.9 Å². The van der Waals surface area contributed by atoms with Crippen molar-refractivity contribution in [2.75, 3.05) is 16.4 Å². The number of nitrogens with one attached hydrogen (secondary N) is 1. The maximum absolute atomic E-state index is 11.7. The molecule has 1 amide bonds. The van der Waals surface area contributed by atoms with Gasteiger partial charge in [0.2, 0.25) is 5.91 Å². The second-order valence-electron chi connectivity index (χ2n) is 3.79. The maximum Gasteiger partial charge on any atom is 0.296 e. The van der Waals surface area contributed by atoms with E-state index in [-0.39, 0.29) is 17.3 Å². The zero-order chi connectivity index (χ0) is 14.8. The average molecular weight is 416 g/mol. The van der Waals surface area contributed by atoms with Gasteiger partial charge >= 0.3 is 0 Å². The monoisotopic (exact) mass is 414 g/mol. The highest BCUT2D eigenvalue weighted by atomic mass is 79.9. The van der Waals surface area contributed by atoms with Gasteiger partial charge in [-0.2, -0.15) is 8.42 Å². The summed E-state index contributed by atoms with van der Waals surface area (Å²) < 4.78 is 31.3. The molecule has 4 N–H and O–H groups in total. The highest BCUT2D eigenvalue weighted by molar-refractivity contribution is 9.12. The molecule has 0 radical (unpaired) electrons. The fourth-order valence-electron chi connectivity index (χ4n) is 1.35. The van der Waals surface area contributed by atoms with Crippen LogP contribution in [0.2, 0.25) is 0 Å². The Balaban J connectivity index is 3.20. The molecule has 0 fully saturated rings. The number of carbonyl (C=O) groups is 1. The van der Waals surface area contributed by atoms with Crippen molar-refractivity contribution in [1.82, 2.24) is 0 Å². The van der Waals surface area contributed by atoms with Crippen LogP contribution in [-0.2, 0) is 14.9 Å². The van der Waals surface area contributed by atoms with Gasteiger partial charge in [0.05, 0.1) is 5.69 Å². The van der Waals surface area contributed by atoms with Crippen molar-refractivity contribution in [3.8, 4) is 0 Å². The van der Waals surface area contributed by atoms with E-state index in [9.17, 15) is 13.2 Å². The Morgan fingerprint density at radius 3 is 2.58 bits per heavy atom. The molecular formula is C10H12Br2N2O4S. The summed E-state index contributed by atoms with van der Waals surface area (Å²) in [7, 11) is -4.43. The Kier molecular flexibility index (Phi) is 5.36. The van der Waals surface area contributed by atoms with E-state index in [1.807, 2.05) is 0 Å². The highest BCUT2D eigenvalue weighted by Crippen LogP contribution is 2.26. The van der Waals surface area contributed by atoms with Gasteiger partial charge in [0.15, 0.2) is 0 Å². The minimum Gasteiger partial charge on any atom is -0.398 e. The van der Waals surface area contributed by atoms with Crippen LogP contribution in [0.1, 0.15) is 5.56 Å². The molecule has 0 aliphatic heterocycles. The summed E-state index contributed by atoms with van der Waals surface area (Å²) in [4.78, 5) is 10.8. The van der Waals surface area contributed by atoms with Crippen LogP contribution in [0.3, 0.4) is 0 Å². The van der Waals surface area contributed by atoms with E-state index in [1.165, 1.54) is 6.07 Å². The van der Waals surface area contributed by atoms with Crippen molar-refractivity contribution in [2.45, 2.75) is 16.6 Å². The summed E-state index contributed by atoms with van der Waals surface area (Å²) in [5, 5.41) is 2.95. The van der Waals surface area contributed by atoms with Gasteiger partial charge in [0.25, 0.3) is 10.1 Å². The van der Waals surface area contributed by atoms with E-state index in [4.69, 9.17) is 10.3 Å². The van der Waals surface area contributed by atoms with Gasteiger partial charge in [-0.15, -0.1) is 0 Å². The summed E-state index contributed by atoms with van der Waals surface area (Å²) in [6.45, 7) is 1.66. The number of hydrogen-bond donors (Lipinski definition) is 3. The van der Waals surface area contributed by atoms with Crippen molar-refractivity contribution in [3.63, 3.8) is 0 Å². The molecule has 1 aromatic rings. The lowest BCUT2D eigenvalue weighted by molar-refractivity contribution is -0.115. The minimum atomic E-state index is -4.43. The summed E-state index contributed by atoms with van der Waals surface area (Å²) in [6, 6.07) is 2.50. The highest BCUT2D eigenvalue weighted by Gasteiger charge is 2.19. The predicted octanol–water partition coefficient (Wildman–Crippen LogP) is 1.92. The Labute approximate surface area is 127 Å². The van der Waals surface area contributed by atoms with Crippen LogP contribution in [0.15, 0.2) is 17.0 Å². The summed E-state index contributed by atoms with van der Waals surface area (Å²) in [6.07, 6.45) is 0. The largest absolute Gasteiger partial charge is 0.398 e. The Morgan fingerprint density at radius 2 is 2.11 bits per heavy atom. The van der Waals surface area contributed by atoms with Crippen molar-refractivity contribution in [3.05, 3.63) is 17.7 Å². The molecule has 9 heteroatoms. The molecule has 1 atom stereocenters. The van der Waals surface area contributed by atoms with E-state index in [0.717, 1.165) is 6.07 Å². The summed E-state index contributed by atoms with van der Waals surface area (Å²) in [5.41, 5.74) is 6.31. The van der Waals surface area contributed by atoms with Crippen LogP contribution >= 0.6 is 31.9 Å². The fourth-order valence-corrected chi connectivity index (χ4v) is 2.38. The summed E-state index contributed by atoms with van der Waals surface area (Å²) in [5.74, 6) is -0.342. The molecule has 0 aromatic heterocycles. The average Bonchev–Trinajstić information content (AvgIpc) is 2.29. The lowest BCUT2D eigenvalue weighted by Gasteiger charge is -2.13. The first-order valence-corrected chi connectivity index (χ1v) is 8.53. The number of alkyl halides is 2. The van der Waals surface area contributed by atoms with Gasteiger partial charge in [-0.1, -0.05) is 31.9 Å². The van der Waals surface area contributed by atoms with Crippen LogP contribution in [-0.4, -0.2) is 29.0 Å². The number of anilines is 2. The molecule has 0 aliphatic rings. The lowest BCUT2D eigenvalue weighted by Crippen LogP contribution is -2.24. The first kappa shape index (κ1) is 16.4. The number of benzene rings is 1. The first-order chi connectivity index (χ1) is 8.66. The molecule has 1 unspecified atom stereocenters. The number of nitrogen functional groups attached to an aromatic ring is 1. The number of aryl methyl sites for hydroxylation is 1. The van der Waals surface area contributed by atoms with Crippen LogP contribution in [0.4, 0.5) is 11.4 Å². The molecule has 0 spiro atoms. The van der Waals surface area contributed by atoms with E-state index in [2.05, 4.69) is 37.2 Å². The molecule has 106 valence electrons. The van der Waals surface area contributed by atoms with Gasteiger partial charge in [-0.25, -0.2) is 0 Å². The number of halogens is 2. The predicted molar refractivity (Wildman–Crippen MR) is 80.5 cm³/mol. The SMILES string of the molecule is Cc1cc(N)c(S(=O)(=O)O)cc1NC(=O)C(Br)CBr. The zero-order valence-electron chi connectivity index (χ0n) is 9.85. The van der Waals surface area contributed by atoms with Crippen LogP contribution in [0, 0.1) is 6.92 Å². The Hall–Kier alpha value is -0.640. The van der Waals surface area contributed by atoms with E-state index in [1.54, 1.807) is 6.92 Å². The number of hydrogen-bond acceptors (Lipinski definition) is 4. The standard InChI is InChI=1S/C10H12Br2N2O4S/c1-5-2-7(13)9(19(16,17)18)3-8(5)14-10(15)6(12)4-11/h2-3,6H,4,13H2,1H3,(H,14,15)(H,16,17,18). The molecule has 0 saturated carbocycles. The van der Waals surface area contributed by atoms with Crippen LogP contribution in [0.5, 0.6) is 0 Å². The topological polar surface area (TPSA) is 109 Å². The Bertz CT molecular complexity index is 604. The third-order valence-corrected chi connectivity index (χ3v) is 5.48. The molecule has 19 heavy (non-hydrogen) atoms. The minimum absolute atomic E-state index is 0.0751. The molecule has 0 aliphatic carbocycles. The van der Waals surface area contributed by atoms with Crippen molar-refractivity contribution in [2.24, 2.45) is 0 Å². The second-order valence-corrected chi connectivity index (χ2v) is 6.93. The third kappa shape index (κ3) is 4.16. The van der Waals surface area contributed by atoms with Crippen LogP contribution in [0.25, 0.3) is 0 Å². The quantitative estimate of drug-likeness (QED) is 0.395. The van der Waals surface area contributed by atoms with Gasteiger partial charge in [-0.3, -0.25) is 9.35 Å². The van der Waals surface area contributed by atoms with Crippen molar-refractivity contribution >= 4 is 59.3 Å². The van der Waals surface area contributed by atoms with Gasteiger partial charge in [-0.05, 0) is 24.6 Å². The maximum atomic E-state index is 11.7. The normalized spacial score (nSPS) is 13.1. The third-order valence-electron chi connectivity index (χ3n) is 2.31. The van der Waals surface area contributed by atoms with Crippen molar-refractivity contribution in [1.29, 1.82) is 0 Å². The second kappa shape index (κ2) is 6.21. The molecule has 1 aromatic carbocycles. The first-order valence-electron chi connectivity index (χ1n) is 5.05. The van der Waals surface area contributed by atoms with Gasteiger partial charge in [0.1, 0.15) is 9.72 Å². The number of carbonyl (C=O) groups excluding carboxylic acids is 1. The summed E-state index contributed by atoms with van der Waals surface area (Å²) >= 11 is 6.29. The zero-order valence-corrected chi connectivity index (χ0v) is 13.8. The molecule has 1 rings (SSSR count).